The standard InChI is InChI=1S/C33H33ClF2N6O4/c1-16-23(40-31(44)20-12-13-38-42(2)33(20)45)10-8-21(35)27(16)29-22(36)7-6-19(30(29)34)25-14-17-4-9-24(28(17)32(41-25)46-3)37-15-18-5-11-26(43)39-18/h6-8,10,12-14,18-19,24,30,37H,4-5,9,11,15H2,1-3H3,(H,39,43)(H,40,44)/t18-,19?,24-,30?/m0/s1. The Hall–Kier alpha value is -4.42. The average Bonchev–Trinajstić information content (AvgIpc) is 3.65. The van der Waals surface area contributed by atoms with Crippen LogP contribution in [-0.4, -0.2) is 51.7 Å². The van der Waals surface area contributed by atoms with Crippen molar-refractivity contribution in [2.24, 2.45) is 7.05 Å². The summed E-state index contributed by atoms with van der Waals surface area (Å²) in [6.07, 6.45) is 7.08. The maximum atomic E-state index is 15.6. The predicted octanol–water partition coefficient (Wildman–Crippen LogP) is 4.38. The van der Waals surface area contributed by atoms with Gasteiger partial charge in [0.15, 0.2) is 0 Å². The Morgan fingerprint density at radius 1 is 1.20 bits per heavy atom. The van der Waals surface area contributed by atoms with E-state index in [1.807, 2.05) is 6.07 Å². The molecule has 2 aromatic heterocycles. The molecule has 240 valence electrons. The van der Waals surface area contributed by atoms with Crippen LogP contribution in [0.1, 0.15) is 69.5 Å². The Bertz CT molecular complexity index is 1860. The molecule has 3 heterocycles. The third-order valence-corrected chi connectivity index (χ3v) is 9.38. The van der Waals surface area contributed by atoms with Crippen LogP contribution in [0.3, 0.4) is 0 Å². The van der Waals surface area contributed by atoms with Gasteiger partial charge in [-0.15, -0.1) is 11.6 Å². The minimum atomic E-state index is -1.05. The number of pyridine rings is 1. The molecule has 1 saturated heterocycles. The number of aromatic nitrogens is 3. The molecular formula is C33H33ClF2N6O4. The van der Waals surface area contributed by atoms with E-state index in [2.05, 4.69) is 21.0 Å². The van der Waals surface area contributed by atoms with Gasteiger partial charge >= 0.3 is 0 Å². The number of nitrogens with zero attached hydrogens (tertiary/aromatic N) is 3. The van der Waals surface area contributed by atoms with E-state index in [-0.39, 0.29) is 45.9 Å². The zero-order valence-corrected chi connectivity index (χ0v) is 26.3. The van der Waals surface area contributed by atoms with Crippen LogP contribution in [-0.2, 0) is 18.3 Å². The lowest BCUT2D eigenvalue weighted by Gasteiger charge is -2.28. The number of fused-ring (bicyclic) bond motifs is 1. The van der Waals surface area contributed by atoms with Gasteiger partial charge in [0.05, 0.1) is 18.2 Å². The molecule has 13 heteroatoms. The number of hydrogen-bond acceptors (Lipinski definition) is 7. The molecule has 2 amide bonds. The molecule has 1 fully saturated rings. The van der Waals surface area contributed by atoms with E-state index in [1.54, 1.807) is 20.1 Å². The van der Waals surface area contributed by atoms with Crippen LogP contribution in [0.5, 0.6) is 5.88 Å². The summed E-state index contributed by atoms with van der Waals surface area (Å²) in [5, 5.41) is 11.9. The Morgan fingerprint density at radius 3 is 2.74 bits per heavy atom. The number of allylic oxidation sites excluding steroid dienone is 4. The zero-order chi connectivity index (χ0) is 32.7. The van der Waals surface area contributed by atoms with Crippen LogP contribution in [0.4, 0.5) is 14.5 Å². The average molecular weight is 651 g/mol. The number of anilines is 1. The van der Waals surface area contributed by atoms with E-state index in [0.29, 0.717) is 24.5 Å². The molecule has 46 heavy (non-hydrogen) atoms. The number of carbonyl (C=O) groups is 2. The summed E-state index contributed by atoms with van der Waals surface area (Å²) in [5.74, 6) is -2.26. The number of benzene rings is 1. The van der Waals surface area contributed by atoms with Crippen molar-refractivity contribution in [3.05, 3.63) is 98.1 Å². The number of aryl methyl sites for hydroxylation is 2. The van der Waals surface area contributed by atoms with Crippen molar-refractivity contribution in [3.63, 3.8) is 0 Å². The summed E-state index contributed by atoms with van der Waals surface area (Å²) in [6, 6.07) is 5.78. The minimum absolute atomic E-state index is 0.00681. The molecule has 3 N–H and O–H groups in total. The summed E-state index contributed by atoms with van der Waals surface area (Å²) in [4.78, 5) is 41.8. The highest BCUT2D eigenvalue weighted by molar-refractivity contribution is 6.28. The Morgan fingerprint density at radius 2 is 2.00 bits per heavy atom. The fourth-order valence-electron chi connectivity index (χ4n) is 6.48. The van der Waals surface area contributed by atoms with Gasteiger partial charge in [0.25, 0.3) is 11.5 Å². The summed E-state index contributed by atoms with van der Waals surface area (Å²) in [7, 11) is 2.96. The first-order chi connectivity index (χ1) is 22.1. The number of halogens is 3. The molecule has 1 aromatic carbocycles. The van der Waals surface area contributed by atoms with Crippen LogP contribution in [0.2, 0.25) is 0 Å². The number of carbonyl (C=O) groups excluding carboxylic acids is 2. The van der Waals surface area contributed by atoms with E-state index in [4.69, 9.17) is 21.3 Å². The van der Waals surface area contributed by atoms with Crippen LogP contribution in [0, 0.1) is 12.7 Å². The Labute approximate surface area is 268 Å². The number of methoxy groups -OCH3 is 1. The molecule has 2 aliphatic carbocycles. The van der Waals surface area contributed by atoms with E-state index in [0.717, 1.165) is 41.1 Å². The van der Waals surface area contributed by atoms with E-state index in [1.165, 1.54) is 31.5 Å². The number of nitrogens with one attached hydrogen (secondary N) is 3. The monoisotopic (exact) mass is 650 g/mol. The summed E-state index contributed by atoms with van der Waals surface area (Å²) < 4.78 is 37.8. The molecule has 0 saturated carbocycles. The third-order valence-electron chi connectivity index (χ3n) is 8.89. The van der Waals surface area contributed by atoms with Gasteiger partial charge in [0, 0.05) is 66.6 Å². The largest absolute Gasteiger partial charge is 0.481 e. The van der Waals surface area contributed by atoms with Crippen molar-refractivity contribution >= 4 is 34.7 Å². The van der Waals surface area contributed by atoms with Crippen molar-refractivity contribution in [2.75, 3.05) is 19.0 Å². The lowest BCUT2D eigenvalue weighted by Crippen LogP contribution is -2.37. The SMILES string of the molecule is COc1nc(C2C=CC(F)=C(c3c(F)ccc(NC(=O)c4ccnn(C)c4=O)c3C)C2Cl)cc2c1[C@@H](NC[C@@H]1CCC(=O)N1)CC2. The Balaban J connectivity index is 1.28. The number of amides is 2. The quantitative estimate of drug-likeness (QED) is 0.309. The first-order valence-corrected chi connectivity index (χ1v) is 15.5. The molecule has 4 atom stereocenters. The molecule has 0 radical (unpaired) electrons. The van der Waals surface area contributed by atoms with E-state index in [9.17, 15) is 14.4 Å². The molecule has 0 bridgehead atoms. The van der Waals surface area contributed by atoms with Crippen LogP contribution in [0.15, 0.2) is 53.2 Å². The lowest BCUT2D eigenvalue weighted by molar-refractivity contribution is -0.119. The molecule has 2 unspecified atom stereocenters. The maximum Gasteiger partial charge on any atom is 0.279 e. The molecular weight excluding hydrogens is 618 g/mol. The van der Waals surface area contributed by atoms with Crippen molar-refractivity contribution in [3.8, 4) is 5.88 Å². The van der Waals surface area contributed by atoms with Gasteiger partial charge < -0.3 is 20.7 Å². The number of ether oxygens (including phenoxy) is 1. The molecule has 6 rings (SSSR count). The fraction of sp³-hybridized carbons (Fsp3) is 0.364. The zero-order valence-electron chi connectivity index (χ0n) is 25.5. The van der Waals surface area contributed by atoms with Crippen molar-refractivity contribution in [2.45, 2.75) is 56.0 Å². The predicted molar refractivity (Wildman–Crippen MR) is 169 cm³/mol. The highest BCUT2D eigenvalue weighted by atomic mass is 35.5. The summed E-state index contributed by atoms with van der Waals surface area (Å²) in [6.45, 7) is 2.18. The van der Waals surface area contributed by atoms with Gasteiger partial charge in [-0.2, -0.15) is 5.10 Å². The van der Waals surface area contributed by atoms with Crippen molar-refractivity contribution in [1.82, 2.24) is 25.4 Å². The molecule has 10 nitrogen and oxygen atoms in total. The fourth-order valence-corrected chi connectivity index (χ4v) is 6.90. The van der Waals surface area contributed by atoms with E-state index < -0.39 is 34.4 Å². The first kappa shape index (κ1) is 31.6. The number of rotatable bonds is 8. The highest BCUT2D eigenvalue weighted by Crippen LogP contribution is 2.46. The number of alkyl halides is 1. The highest BCUT2D eigenvalue weighted by Gasteiger charge is 2.36. The lowest BCUT2D eigenvalue weighted by atomic mass is 9.84. The van der Waals surface area contributed by atoms with Crippen LogP contribution in [0.25, 0.3) is 5.57 Å². The Kier molecular flexibility index (Phi) is 8.75. The second-order valence-electron chi connectivity index (χ2n) is 11.7. The topological polar surface area (TPSA) is 127 Å². The van der Waals surface area contributed by atoms with Crippen molar-refractivity contribution in [1.29, 1.82) is 0 Å². The summed E-state index contributed by atoms with van der Waals surface area (Å²) >= 11 is 6.98. The van der Waals surface area contributed by atoms with E-state index >= 15 is 8.78 Å². The summed E-state index contributed by atoms with van der Waals surface area (Å²) in [5.41, 5.74) is 2.06. The second-order valence-corrected chi connectivity index (χ2v) is 12.2. The van der Waals surface area contributed by atoms with Crippen molar-refractivity contribution < 1.29 is 23.1 Å². The molecule has 0 spiro atoms. The first-order valence-electron chi connectivity index (χ1n) is 15.0. The maximum absolute atomic E-state index is 15.6. The molecule has 1 aliphatic heterocycles. The van der Waals surface area contributed by atoms with Gasteiger partial charge in [-0.1, -0.05) is 6.08 Å². The molecule has 3 aromatic rings. The second kappa shape index (κ2) is 12.8. The van der Waals surface area contributed by atoms with Crippen LogP contribution < -0.4 is 26.2 Å². The number of hydrogen-bond donors (Lipinski definition) is 3. The van der Waals surface area contributed by atoms with Gasteiger partial charge in [0.1, 0.15) is 17.2 Å². The normalized spacial score (nSPS) is 22.2. The minimum Gasteiger partial charge on any atom is -0.481 e. The molecule has 3 aliphatic rings. The van der Waals surface area contributed by atoms with Crippen LogP contribution >= 0.6 is 11.6 Å². The van der Waals surface area contributed by atoms with Gasteiger partial charge in [0.2, 0.25) is 11.8 Å². The third kappa shape index (κ3) is 5.82. The smallest absolute Gasteiger partial charge is 0.279 e. The van der Waals surface area contributed by atoms with Gasteiger partial charge in [-0.3, -0.25) is 14.4 Å². The van der Waals surface area contributed by atoms with Gasteiger partial charge in [-0.25, -0.2) is 18.4 Å². The van der Waals surface area contributed by atoms with Gasteiger partial charge in [-0.05, 0) is 67.7 Å².